The smallest absolute Gasteiger partial charge is 0.291 e. The Morgan fingerprint density at radius 1 is 1.41 bits per heavy atom. The van der Waals surface area contributed by atoms with Gasteiger partial charge in [-0.3, -0.25) is 15.1 Å². The van der Waals surface area contributed by atoms with Crippen molar-refractivity contribution in [3.63, 3.8) is 0 Å². The Balaban J connectivity index is 1.97. The molecule has 22 heavy (non-hydrogen) atoms. The predicted molar refractivity (Wildman–Crippen MR) is 80.9 cm³/mol. The number of pyridine rings is 1. The number of fused-ring (bicyclic) bond motifs is 5. The predicted octanol–water partition coefficient (Wildman–Crippen LogP) is 2.67. The maximum Gasteiger partial charge on any atom is 0.291 e. The molecule has 4 rings (SSSR count). The number of benzene rings is 1. The largest absolute Gasteiger partial charge is 0.452 e. The molecule has 0 spiro atoms. The first kappa shape index (κ1) is 12.8. The number of para-hydroxylation sites is 1. The Kier molecular flexibility index (Phi) is 2.62. The van der Waals surface area contributed by atoms with Crippen LogP contribution in [0.4, 0.5) is 11.5 Å². The van der Waals surface area contributed by atoms with E-state index in [1.54, 1.807) is 0 Å². The molecule has 0 amide bonds. The number of ether oxygens (including phenoxy) is 1. The summed E-state index contributed by atoms with van der Waals surface area (Å²) < 4.78 is 5.97. The summed E-state index contributed by atoms with van der Waals surface area (Å²) in [4.78, 5) is 21.2. The number of hydrogen-bond acceptors (Lipinski definition) is 6. The molecular weight excluding hydrogens is 284 g/mol. The molecule has 1 aromatic carbocycles. The van der Waals surface area contributed by atoms with Gasteiger partial charge in [-0.25, -0.2) is 4.98 Å². The highest BCUT2D eigenvalue weighted by Crippen LogP contribution is 2.41. The second-order valence-corrected chi connectivity index (χ2v) is 5.18. The van der Waals surface area contributed by atoms with Crippen LogP contribution in [-0.2, 0) is 0 Å². The minimum Gasteiger partial charge on any atom is -0.452 e. The van der Waals surface area contributed by atoms with Gasteiger partial charge in [0.25, 0.3) is 5.69 Å². The highest BCUT2D eigenvalue weighted by atomic mass is 16.6. The van der Waals surface area contributed by atoms with Gasteiger partial charge in [0.15, 0.2) is 11.6 Å². The van der Waals surface area contributed by atoms with Crippen molar-refractivity contribution in [3.8, 4) is 11.5 Å². The van der Waals surface area contributed by atoms with Gasteiger partial charge in [0, 0.05) is 6.54 Å². The molecule has 1 aromatic heterocycles. The van der Waals surface area contributed by atoms with Crippen molar-refractivity contribution in [2.45, 2.75) is 6.92 Å². The monoisotopic (exact) mass is 296 g/mol. The van der Waals surface area contributed by atoms with Crippen molar-refractivity contribution >= 4 is 17.3 Å². The van der Waals surface area contributed by atoms with Crippen LogP contribution in [0.1, 0.15) is 11.1 Å². The summed E-state index contributed by atoms with van der Waals surface area (Å²) in [5.74, 6) is 2.43. The number of rotatable bonds is 1. The lowest BCUT2D eigenvalue weighted by molar-refractivity contribution is -0.385. The van der Waals surface area contributed by atoms with Gasteiger partial charge in [-0.1, -0.05) is 12.1 Å². The van der Waals surface area contributed by atoms with Crippen LogP contribution < -0.4 is 9.64 Å². The molecule has 0 fully saturated rings. The van der Waals surface area contributed by atoms with Gasteiger partial charge in [-0.05, 0) is 18.6 Å². The van der Waals surface area contributed by atoms with E-state index in [4.69, 9.17) is 4.74 Å². The summed E-state index contributed by atoms with van der Waals surface area (Å²) in [5.41, 5.74) is 1.75. The summed E-state index contributed by atoms with van der Waals surface area (Å²) in [7, 11) is 0. The average Bonchev–Trinajstić information content (AvgIpc) is 2.93. The van der Waals surface area contributed by atoms with Crippen molar-refractivity contribution < 1.29 is 9.66 Å². The summed E-state index contributed by atoms with van der Waals surface area (Å²) in [6.45, 7) is 3.29. The second-order valence-electron chi connectivity index (χ2n) is 5.18. The third-order valence-electron chi connectivity index (χ3n) is 3.79. The van der Waals surface area contributed by atoms with Crippen LogP contribution in [0.15, 0.2) is 35.5 Å². The van der Waals surface area contributed by atoms with Gasteiger partial charge in [-0.15, -0.1) is 0 Å². The van der Waals surface area contributed by atoms with E-state index in [1.165, 1.54) is 12.3 Å². The van der Waals surface area contributed by atoms with E-state index >= 15 is 0 Å². The lowest BCUT2D eigenvalue weighted by Crippen LogP contribution is -2.28. The molecule has 7 heteroatoms. The quantitative estimate of drug-likeness (QED) is 0.597. The molecule has 2 aliphatic heterocycles. The molecule has 0 saturated heterocycles. The maximum absolute atomic E-state index is 11.0. The van der Waals surface area contributed by atoms with Crippen molar-refractivity contribution in [2.75, 3.05) is 18.0 Å². The Labute approximate surface area is 126 Å². The zero-order chi connectivity index (χ0) is 15.3. The first-order valence-corrected chi connectivity index (χ1v) is 6.89. The van der Waals surface area contributed by atoms with Crippen LogP contribution in [0.25, 0.3) is 0 Å². The first-order valence-electron chi connectivity index (χ1n) is 6.89. The molecule has 2 aliphatic rings. The molecule has 7 nitrogen and oxygen atoms in total. The normalized spacial score (nSPS) is 15.1. The molecule has 0 saturated carbocycles. The number of amidine groups is 1. The van der Waals surface area contributed by atoms with Crippen LogP contribution in [-0.4, -0.2) is 28.8 Å². The first-order chi connectivity index (χ1) is 10.6. The standard InChI is InChI=1S/C15H12N4O3/c1-9-3-2-4-11-13(9)22-12-7-10(19(20)21)8-17-15(12)18-6-5-16-14(11)18/h2-4,7-8H,5-6H2,1H3. The zero-order valence-electron chi connectivity index (χ0n) is 11.8. The molecule has 2 aromatic rings. The second kappa shape index (κ2) is 4.52. The van der Waals surface area contributed by atoms with Crippen LogP contribution >= 0.6 is 0 Å². The molecule has 0 aliphatic carbocycles. The molecule has 0 radical (unpaired) electrons. The van der Waals surface area contributed by atoms with Crippen molar-refractivity contribution in [1.29, 1.82) is 0 Å². The number of aryl methyl sites for hydroxylation is 1. The Morgan fingerprint density at radius 2 is 2.27 bits per heavy atom. The molecule has 0 bridgehead atoms. The fourth-order valence-electron chi connectivity index (χ4n) is 2.76. The lowest BCUT2D eigenvalue weighted by Gasteiger charge is -2.17. The highest BCUT2D eigenvalue weighted by molar-refractivity contribution is 6.13. The van der Waals surface area contributed by atoms with Crippen molar-refractivity contribution in [2.24, 2.45) is 4.99 Å². The molecule has 0 N–H and O–H groups in total. The van der Waals surface area contributed by atoms with E-state index < -0.39 is 4.92 Å². The van der Waals surface area contributed by atoms with Gasteiger partial charge in [0.05, 0.1) is 23.1 Å². The van der Waals surface area contributed by atoms with Gasteiger partial charge in [0.2, 0.25) is 0 Å². The van der Waals surface area contributed by atoms with E-state index in [9.17, 15) is 10.1 Å². The molecule has 0 atom stereocenters. The summed E-state index contributed by atoms with van der Waals surface area (Å²) in [5, 5.41) is 11.0. The van der Waals surface area contributed by atoms with Gasteiger partial charge in [-0.2, -0.15) is 0 Å². The fourth-order valence-corrected chi connectivity index (χ4v) is 2.76. The summed E-state index contributed by atoms with van der Waals surface area (Å²) >= 11 is 0. The molecular formula is C15H12N4O3. The Hall–Kier alpha value is -2.96. The Bertz CT molecular complexity index is 832. The van der Waals surface area contributed by atoms with E-state index in [1.807, 2.05) is 30.0 Å². The van der Waals surface area contributed by atoms with E-state index in [0.717, 1.165) is 17.0 Å². The minimum atomic E-state index is -0.473. The number of nitro groups is 1. The van der Waals surface area contributed by atoms with Gasteiger partial charge < -0.3 is 9.64 Å². The van der Waals surface area contributed by atoms with E-state index in [0.29, 0.717) is 30.4 Å². The number of anilines is 1. The van der Waals surface area contributed by atoms with Crippen LogP contribution in [0.2, 0.25) is 0 Å². The lowest BCUT2D eigenvalue weighted by atomic mass is 10.1. The van der Waals surface area contributed by atoms with Crippen LogP contribution in [0.3, 0.4) is 0 Å². The minimum absolute atomic E-state index is 0.0894. The van der Waals surface area contributed by atoms with Crippen molar-refractivity contribution in [1.82, 2.24) is 4.98 Å². The van der Waals surface area contributed by atoms with E-state index in [-0.39, 0.29) is 5.69 Å². The van der Waals surface area contributed by atoms with E-state index in [2.05, 4.69) is 9.98 Å². The summed E-state index contributed by atoms with van der Waals surface area (Å²) in [6.07, 6.45) is 1.25. The van der Waals surface area contributed by atoms with Crippen LogP contribution in [0, 0.1) is 17.0 Å². The average molecular weight is 296 g/mol. The molecule has 110 valence electrons. The van der Waals surface area contributed by atoms with Crippen LogP contribution in [0.5, 0.6) is 11.5 Å². The number of aliphatic imine (C=N–C) groups is 1. The number of hydrogen-bond donors (Lipinski definition) is 0. The van der Waals surface area contributed by atoms with Gasteiger partial charge in [0.1, 0.15) is 17.8 Å². The summed E-state index contributed by atoms with van der Waals surface area (Å²) in [6, 6.07) is 7.25. The fraction of sp³-hybridized carbons (Fsp3) is 0.200. The number of aromatic nitrogens is 1. The topological polar surface area (TPSA) is 80.9 Å². The number of nitrogens with zero attached hydrogens (tertiary/aromatic N) is 4. The third kappa shape index (κ3) is 1.75. The third-order valence-corrected chi connectivity index (χ3v) is 3.79. The highest BCUT2D eigenvalue weighted by Gasteiger charge is 2.32. The SMILES string of the molecule is Cc1cccc2c1Oc1cc([N+](=O)[O-])cnc1N1CCN=C21. The Morgan fingerprint density at radius 3 is 3.09 bits per heavy atom. The maximum atomic E-state index is 11.0. The molecule has 3 heterocycles. The van der Waals surface area contributed by atoms with Crippen molar-refractivity contribution in [3.05, 3.63) is 51.7 Å². The molecule has 0 unspecified atom stereocenters. The zero-order valence-corrected chi connectivity index (χ0v) is 11.8. The van der Waals surface area contributed by atoms with Gasteiger partial charge >= 0.3 is 0 Å².